The highest BCUT2D eigenvalue weighted by Crippen LogP contribution is 2.30. The van der Waals surface area contributed by atoms with E-state index in [-0.39, 0.29) is 0 Å². The Morgan fingerprint density at radius 1 is 1.44 bits per heavy atom. The minimum absolute atomic E-state index is 0.401. The third-order valence-electron chi connectivity index (χ3n) is 3.24. The zero-order chi connectivity index (χ0) is 12.5. The van der Waals surface area contributed by atoms with Gasteiger partial charge in [-0.25, -0.2) is 4.45 Å². The first-order valence-electron chi connectivity index (χ1n) is 5.84. The number of rotatable bonds is 1. The number of hydrogen-bond donors (Lipinski definition) is 0. The molecule has 1 aromatic carbocycles. The van der Waals surface area contributed by atoms with Gasteiger partial charge in [-0.15, -0.1) is 5.10 Å². The Balaban J connectivity index is 1.99. The van der Waals surface area contributed by atoms with Gasteiger partial charge in [0.05, 0.1) is 17.3 Å². The monoisotopic (exact) mass is 372 g/mol. The van der Waals surface area contributed by atoms with Gasteiger partial charge < -0.3 is 0 Å². The molecule has 0 radical (unpaired) electrons. The molecule has 1 fully saturated rings. The van der Waals surface area contributed by atoms with E-state index < -0.39 is 5.95 Å². The molecule has 18 heavy (non-hydrogen) atoms. The summed E-state index contributed by atoms with van der Waals surface area (Å²) < 4.78 is 15.4. The van der Waals surface area contributed by atoms with E-state index >= 15 is 0 Å². The van der Waals surface area contributed by atoms with Crippen molar-refractivity contribution < 1.29 is 4.39 Å². The Bertz CT molecular complexity index is 652. The van der Waals surface area contributed by atoms with Crippen molar-refractivity contribution in [3.8, 4) is 11.8 Å². The molecule has 1 saturated carbocycles. The van der Waals surface area contributed by atoms with Gasteiger partial charge in [0.25, 0.3) is 0 Å². The fourth-order valence-corrected chi connectivity index (χ4v) is 3.48. The van der Waals surface area contributed by atoms with Gasteiger partial charge in [-0.2, -0.15) is 4.39 Å². The predicted molar refractivity (Wildman–Crippen MR) is 81.6 cm³/mol. The highest BCUT2D eigenvalue weighted by molar-refractivity contribution is 14.2. The van der Waals surface area contributed by atoms with Gasteiger partial charge in [-0.05, 0) is 53.1 Å². The van der Waals surface area contributed by atoms with Crippen LogP contribution in [0.1, 0.15) is 24.8 Å². The molecule has 1 unspecified atom stereocenters. The van der Waals surface area contributed by atoms with Crippen molar-refractivity contribution in [2.24, 2.45) is 5.92 Å². The molecule has 92 valence electrons. The molecule has 1 aliphatic carbocycles. The largest absolute Gasteiger partial charge is 0.240 e. The van der Waals surface area contributed by atoms with Gasteiger partial charge in [0.15, 0.2) is 0 Å². The molecule has 1 aliphatic rings. The number of fused-ring (bicyclic) bond motifs is 1. The maximum atomic E-state index is 13.7. The minimum atomic E-state index is -0.401. The van der Waals surface area contributed by atoms with Crippen LogP contribution in [-0.2, 0) is 0 Å². The van der Waals surface area contributed by atoms with E-state index in [0.29, 0.717) is 17.7 Å². The Morgan fingerprint density at radius 2 is 2.28 bits per heavy atom. The van der Waals surface area contributed by atoms with Crippen LogP contribution in [0.5, 0.6) is 0 Å². The van der Waals surface area contributed by atoms with Crippen LogP contribution in [0.3, 0.4) is 0 Å². The first-order chi connectivity index (χ1) is 8.78. The van der Waals surface area contributed by atoms with E-state index in [1.165, 1.54) is 19.3 Å². The average molecular weight is 372 g/mol. The molecular formula is C13H11FIN2P. The molecule has 1 heterocycles. The third kappa shape index (κ3) is 2.26. The van der Waals surface area contributed by atoms with Crippen molar-refractivity contribution in [3.05, 3.63) is 29.7 Å². The van der Waals surface area contributed by atoms with Crippen molar-refractivity contribution in [2.75, 3.05) is 0 Å². The highest BCUT2D eigenvalue weighted by Gasteiger charge is 2.14. The molecule has 2 aromatic rings. The highest BCUT2D eigenvalue weighted by atomic mass is 127. The van der Waals surface area contributed by atoms with Gasteiger partial charge in [0.2, 0.25) is 5.95 Å². The lowest BCUT2D eigenvalue weighted by molar-refractivity contribution is 0.401. The second-order valence-electron chi connectivity index (χ2n) is 4.42. The van der Waals surface area contributed by atoms with Crippen LogP contribution < -0.4 is 0 Å². The van der Waals surface area contributed by atoms with Crippen molar-refractivity contribution in [1.29, 1.82) is 0 Å². The zero-order valence-electron chi connectivity index (χ0n) is 9.58. The Morgan fingerprint density at radius 3 is 2.94 bits per heavy atom. The molecule has 5 heteroatoms. The number of aromatic nitrogens is 2. The van der Waals surface area contributed by atoms with E-state index in [4.69, 9.17) is 0 Å². The van der Waals surface area contributed by atoms with Gasteiger partial charge >= 0.3 is 0 Å². The van der Waals surface area contributed by atoms with Crippen LogP contribution in [0.15, 0.2) is 18.2 Å². The zero-order valence-corrected chi connectivity index (χ0v) is 12.7. The molecule has 1 atom stereocenters. The Hall–Kier alpha value is -0.660. The maximum absolute atomic E-state index is 13.7. The lowest BCUT2D eigenvalue weighted by Gasteiger charge is -2.18. The van der Waals surface area contributed by atoms with E-state index in [9.17, 15) is 4.39 Å². The van der Waals surface area contributed by atoms with Crippen molar-refractivity contribution in [1.82, 2.24) is 9.55 Å². The Labute approximate surface area is 120 Å². The number of halogens is 2. The second kappa shape index (κ2) is 5.14. The SMILES string of the molecule is Fc1nn(PI)c2ccc(C#CC3CCC3)cc12. The molecule has 0 aliphatic heterocycles. The average Bonchev–Trinajstić information content (AvgIpc) is 2.64. The van der Waals surface area contributed by atoms with Gasteiger partial charge in [0, 0.05) is 11.5 Å². The molecule has 0 amide bonds. The number of nitrogens with zero attached hydrogens (tertiary/aromatic N) is 2. The third-order valence-corrected chi connectivity index (χ3v) is 5.11. The molecule has 1 aromatic heterocycles. The lowest BCUT2D eigenvalue weighted by atomic mass is 9.86. The molecule has 0 saturated heterocycles. The number of benzene rings is 1. The fourth-order valence-electron chi connectivity index (χ4n) is 1.96. The summed E-state index contributed by atoms with van der Waals surface area (Å²) in [6.07, 6.45) is 4.11. The summed E-state index contributed by atoms with van der Waals surface area (Å²) in [7, 11) is 0. The Kier molecular flexibility index (Phi) is 3.54. The van der Waals surface area contributed by atoms with Gasteiger partial charge in [-0.1, -0.05) is 18.3 Å². The molecule has 0 spiro atoms. The van der Waals surface area contributed by atoms with Gasteiger partial charge in [-0.3, -0.25) is 0 Å². The summed E-state index contributed by atoms with van der Waals surface area (Å²) in [5.41, 5.74) is 1.72. The summed E-state index contributed by atoms with van der Waals surface area (Å²) in [6.45, 7) is 0. The van der Waals surface area contributed by atoms with Crippen LogP contribution in [0, 0.1) is 23.7 Å². The quantitative estimate of drug-likeness (QED) is 0.419. The molecule has 0 N–H and O–H groups in total. The second-order valence-corrected chi connectivity index (χ2v) is 6.46. The molecule has 2 nitrogen and oxygen atoms in total. The minimum Gasteiger partial charge on any atom is -0.235 e. The van der Waals surface area contributed by atoms with E-state index in [1.54, 1.807) is 10.5 Å². The summed E-state index contributed by atoms with van der Waals surface area (Å²) in [5.74, 6) is 6.52. The summed E-state index contributed by atoms with van der Waals surface area (Å²) >= 11 is 2.19. The summed E-state index contributed by atoms with van der Waals surface area (Å²) in [6, 6.07) is 5.65. The van der Waals surface area contributed by atoms with Crippen LogP contribution in [0.2, 0.25) is 0 Å². The summed E-state index contributed by atoms with van der Waals surface area (Å²) in [4.78, 5) is 0. The predicted octanol–water partition coefficient (Wildman–Crippen LogP) is 4.12. The van der Waals surface area contributed by atoms with E-state index in [0.717, 1.165) is 11.1 Å². The topological polar surface area (TPSA) is 17.8 Å². The van der Waals surface area contributed by atoms with Gasteiger partial charge in [0.1, 0.15) is 0 Å². The van der Waals surface area contributed by atoms with Crippen LogP contribution in [0.25, 0.3) is 10.9 Å². The fraction of sp³-hybridized carbons (Fsp3) is 0.308. The normalized spacial score (nSPS) is 15.9. The molecule has 0 bridgehead atoms. The van der Waals surface area contributed by atoms with Crippen LogP contribution >= 0.6 is 28.4 Å². The first-order valence-corrected chi connectivity index (χ1v) is 9.90. The standard InChI is InChI=1S/C13H11FIN2P/c14-13-11-8-10(5-4-9-2-1-3-9)6-7-12(11)17(16-13)18-15/h6-9,18H,1-3H2. The van der Waals surface area contributed by atoms with Crippen LogP contribution in [0.4, 0.5) is 4.39 Å². The van der Waals surface area contributed by atoms with Crippen molar-refractivity contribution >= 4 is 39.3 Å². The van der Waals surface area contributed by atoms with Crippen molar-refractivity contribution in [2.45, 2.75) is 19.3 Å². The first kappa shape index (κ1) is 12.4. The van der Waals surface area contributed by atoms with Crippen molar-refractivity contribution in [3.63, 3.8) is 0 Å². The van der Waals surface area contributed by atoms with Crippen LogP contribution in [-0.4, -0.2) is 9.55 Å². The number of hydrogen-bond acceptors (Lipinski definition) is 1. The molecular weight excluding hydrogens is 361 g/mol. The summed E-state index contributed by atoms with van der Waals surface area (Å²) in [5, 5.41) is 4.45. The van der Waals surface area contributed by atoms with E-state index in [1.807, 2.05) is 12.1 Å². The van der Waals surface area contributed by atoms with E-state index in [2.05, 4.69) is 39.0 Å². The smallest absolute Gasteiger partial charge is 0.235 e. The maximum Gasteiger partial charge on any atom is 0.240 e. The lowest BCUT2D eigenvalue weighted by Crippen LogP contribution is -2.07. The molecule has 3 rings (SSSR count).